The van der Waals surface area contributed by atoms with E-state index in [-0.39, 0.29) is 5.69 Å². The molecule has 18 heavy (non-hydrogen) atoms. The van der Waals surface area contributed by atoms with Crippen molar-refractivity contribution >= 4 is 21.6 Å². The first kappa shape index (κ1) is 12.8. The zero-order chi connectivity index (χ0) is 13.0. The molecule has 1 aromatic heterocycles. The van der Waals surface area contributed by atoms with E-state index in [0.29, 0.717) is 13.1 Å². The molecule has 0 aliphatic rings. The van der Waals surface area contributed by atoms with Crippen molar-refractivity contribution in [3.63, 3.8) is 0 Å². The Balaban J connectivity index is 1.87. The zero-order valence-electron chi connectivity index (χ0n) is 9.43. The molecule has 0 saturated heterocycles. The van der Waals surface area contributed by atoms with Gasteiger partial charge in [-0.25, -0.2) is 0 Å². The first-order valence-electron chi connectivity index (χ1n) is 5.33. The van der Waals surface area contributed by atoms with E-state index in [1.165, 1.54) is 12.1 Å². The van der Waals surface area contributed by atoms with E-state index in [2.05, 4.69) is 21.2 Å². The van der Waals surface area contributed by atoms with Gasteiger partial charge < -0.3 is 9.73 Å². The predicted octanol–water partition coefficient (Wildman–Crippen LogP) is 3.24. The third kappa shape index (κ3) is 3.18. The fraction of sp³-hybridized carbons (Fsp3) is 0.167. The van der Waals surface area contributed by atoms with E-state index in [1.54, 1.807) is 18.4 Å². The second-order valence-corrected chi connectivity index (χ2v) is 4.57. The number of benzene rings is 1. The van der Waals surface area contributed by atoms with E-state index in [4.69, 9.17) is 4.42 Å². The molecule has 0 atom stereocenters. The summed E-state index contributed by atoms with van der Waals surface area (Å²) in [4.78, 5) is 10.1. The van der Waals surface area contributed by atoms with Crippen molar-refractivity contribution in [2.75, 3.05) is 0 Å². The van der Waals surface area contributed by atoms with Crippen molar-refractivity contribution in [2.24, 2.45) is 0 Å². The normalized spacial score (nSPS) is 10.5. The van der Waals surface area contributed by atoms with Gasteiger partial charge in [-0.2, -0.15) is 0 Å². The Morgan fingerprint density at radius 1 is 1.22 bits per heavy atom. The molecule has 0 radical (unpaired) electrons. The van der Waals surface area contributed by atoms with Crippen LogP contribution < -0.4 is 5.32 Å². The molecule has 0 fully saturated rings. The highest BCUT2D eigenvalue weighted by atomic mass is 79.9. The fourth-order valence-corrected chi connectivity index (χ4v) is 1.85. The Labute approximate surface area is 112 Å². The molecule has 94 valence electrons. The Morgan fingerprint density at radius 2 is 1.94 bits per heavy atom. The van der Waals surface area contributed by atoms with Crippen molar-refractivity contribution in [3.05, 3.63) is 62.5 Å². The van der Waals surface area contributed by atoms with Crippen LogP contribution in [0.1, 0.15) is 11.3 Å². The van der Waals surface area contributed by atoms with Crippen molar-refractivity contribution in [1.82, 2.24) is 5.32 Å². The molecule has 5 nitrogen and oxygen atoms in total. The van der Waals surface area contributed by atoms with Gasteiger partial charge in [0.25, 0.3) is 5.69 Å². The monoisotopic (exact) mass is 310 g/mol. The van der Waals surface area contributed by atoms with Gasteiger partial charge in [0.2, 0.25) is 0 Å². The van der Waals surface area contributed by atoms with Crippen LogP contribution in [0.5, 0.6) is 0 Å². The minimum atomic E-state index is -0.406. The smallest absolute Gasteiger partial charge is 0.269 e. The van der Waals surface area contributed by atoms with E-state index in [1.807, 2.05) is 6.07 Å². The minimum Gasteiger partial charge on any atom is -0.467 e. The van der Waals surface area contributed by atoms with Crippen LogP contribution in [0.25, 0.3) is 0 Å². The maximum absolute atomic E-state index is 10.5. The SMILES string of the molecule is O=[N+]([O-])c1ccc(CNCc2occc2Br)cc1. The molecule has 6 heteroatoms. The number of non-ortho nitro benzene ring substituents is 1. The predicted molar refractivity (Wildman–Crippen MR) is 70.0 cm³/mol. The summed E-state index contributed by atoms with van der Waals surface area (Å²) in [6.45, 7) is 1.23. The van der Waals surface area contributed by atoms with Crippen molar-refractivity contribution in [2.45, 2.75) is 13.1 Å². The van der Waals surface area contributed by atoms with Crippen molar-refractivity contribution in [1.29, 1.82) is 0 Å². The highest BCUT2D eigenvalue weighted by Gasteiger charge is 2.05. The number of hydrogen-bond acceptors (Lipinski definition) is 4. The van der Waals surface area contributed by atoms with Gasteiger partial charge in [0.05, 0.1) is 22.2 Å². The van der Waals surface area contributed by atoms with Gasteiger partial charge >= 0.3 is 0 Å². The lowest BCUT2D eigenvalue weighted by Crippen LogP contribution is -2.12. The first-order valence-corrected chi connectivity index (χ1v) is 6.12. The van der Waals surface area contributed by atoms with Crippen LogP contribution in [0, 0.1) is 10.1 Å². The summed E-state index contributed by atoms with van der Waals surface area (Å²) in [6, 6.07) is 8.31. The van der Waals surface area contributed by atoms with Gasteiger partial charge in [0.15, 0.2) is 0 Å². The minimum absolute atomic E-state index is 0.104. The van der Waals surface area contributed by atoms with Gasteiger partial charge in [-0.15, -0.1) is 0 Å². The summed E-state index contributed by atoms with van der Waals surface area (Å²) in [5, 5.41) is 13.7. The molecule has 0 amide bonds. The van der Waals surface area contributed by atoms with Gasteiger partial charge in [-0.1, -0.05) is 12.1 Å². The van der Waals surface area contributed by atoms with E-state index in [0.717, 1.165) is 15.8 Å². The molecule has 1 heterocycles. The third-order valence-corrected chi connectivity index (χ3v) is 3.16. The van der Waals surface area contributed by atoms with Crippen LogP contribution in [0.3, 0.4) is 0 Å². The molecule has 0 unspecified atom stereocenters. The van der Waals surface area contributed by atoms with E-state index < -0.39 is 4.92 Å². The third-order valence-electron chi connectivity index (χ3n) is 2.45. The average Bonchev–Trinajstić information content (AvgIpc) is 2.76. The summed E-state index contributed by atoms with van der Waals surface area (Å²) < 4.78 is 6.18. The van der Waals surface area contributed by atoms with Crippen LogP contribution in [0.4, 0.5) is 5.69 Å². The van der Waals surface area contributed by atoms with Crippen molar-refractivity contribution < 1.29 is 9.34 Å². The lowest BCUT2D eigenvalue weighted by atomic mass is 10.2. The van der Waals surface area contributed by atoms with Crippen LogP contribution in [-0.4, -0.2) is 4.92 Å². The summed E-state index contributed by atoms with van der Waals surface area (Å²) in [5.74, 6) is 0.830. The lowest BCUT2D eigenvalue weighted by Gasteiger charge is -2.03. The first-order chi connectivity index (χ1) is 8.66. The Morgan fingerprint density at radius 3 is 2.50 bits per heavy atom. The quantitative estimate of drug-likeness (QED) is 0.680. The number of nitrogens with zero attached hydrogens (tertiary/aromatic N) is 1. The number of nitro benzene ring substituents is 1. The molecule has 2 aromatic rings. The molecular formula is C12H11BrN2O3. The molecule has 2 rings (SSSR count). The summed E-state index contributed by atoms with van der Waals surface area (Å²) >= 11 is 3.37. The number of rotatable bonds is 5. The van der Waals surface area contributed by atoms with Crippen LogP contribution in [-0.2, 0) is 13.1 Å². The summed E-state index contributed by atoms with van der Waals surface area (Å²) in [7, 11) is 0. The molecule has 0 saturated carbocycles. The summed E-state index contributed by atoms with van der Waals surface area (Å²) in [5.41, 5.74) is 1.09. The summed E-state index contributed by atoms with van der Waals surface area (Å²) in [6.07, 6.45) is 1.62. The Bertz CT molecular complexity index is 537. The molecular weight excluding hydrogens is 300 g/mol. The van der Waals surface area contributed by atoms with Crippen LogP contribution in [0.2, 0.25) is 0 Å². The van der Waals surface area contributed by atoms with E-state index in [9.17, 15) is 10.1 Å². The zero-order valence-corrected chi connectivity index (χ0v) is 11.0. The molecule has 1 aromatic carbocycles. The highest BCUT2D eigenvalue weighted by molar-refractivity contribution is 9.10. The maximum Gasteiger partial charge on any atom is 0.269 e. The van der Waals surface area contributed by atoms with Crippen LogP contribution in [0.15, 0.2) is 45.5 Å². The molecule has 0 spiro atoms. The Kier molecular flexibility index (Phi) is 4.11. The maximum atomic E-state index is 10.5. The van der Waals surface area contributed by atoms with Gasteiger partial charge in [0.1, 0.15) is 5.76 Å². The molecule has 1 N–H and O–H groups in total. The molecule has 0 aliphatic carbocycles. The van der Waals surface area contributed by atoms with Gasteiger partial charge in [-0.3, -0.25) is 10.1 Å². The fourth-order valence-electron chi connectivity index (χ4n) is 1.51. The largest absolute Gasteiger partial charge is 0.467 e. The second-order valence-electron chi connectivity index (χ2n) is 3.72. The lowest BCUT2D eigenvalue weighted by molar-refractivity contribution is -0.384. The highest BCUT2D eigenvalue weighted by Crippen LogP contribution is 2.17. The second kappa shape index (κ2) is 5.79. The number of hydrogen-bond donors (Lipinski definition) is 1. The van der Waals surface area contributed by atoms with E-state index >= 15 is 0 Å². The standard InChI is InChI=1S/C12H11BrN2O3/c13-11-5-6-18-12(11)8-14-7-9-1-3-10(4-2-9)15(16)17/h1-6,14H,7-8H2. The Hall–Kier alpha value is -1.66. The molecule has 0 bridgehead atoms. The van der Waals surface area contributed by atoms with Gasteiger partial charge in [0, 0.05) is 18.7 Å². The van der Waals surface area contributed by atoms with Gasteiger partial charge in [-0.05, 0) is 27.6 Å². The topological polar surface area (TPSA) is 68.3 Å². The van der Waals surface area contributed by atoms with Crippen molar-refractivity contribution in [3.8, 4) is 0 Å². The number of nitrogens with one attached hydrogen (secondary N) is 1. The average molecular weight is 311 g/mol. The van der Waals surface area contributed by atoms with Crippen LogP contribution >= 0.6 is 15.9 Å². The molecule has 0 aliphatic heterocycles. The number of halogens is 1. The number of nitro groups is 1. The number of furan rings is 1.